The van der Waals surface area contributed by atoms with Gasteiger partial charge in [0.2, 0.25) is 0 Å². The van der Waals surface area contributed by atoms with Crippen LogP contribution in [0.15, 0.2) is 97.1 Å². The number of rotatable bonds is 9. The van der Waals surface area contributed by atoms with Crippen LogP contribution in [-0.2, 0) is 0 Å². The van der Waals surface area contributed by atoms with Gasteiger partial charge in [-0.2, -0.15) is 0 Å². The molecule has 0 spiro atoms. The number of halogens is 2. The lowest BCUT2D eigenvalue weighted by molar-refractivity contribution is 0.359. The largest absolute Gasteiger partial charge is 0.505 e. The highest BCUT2D eigenvalue weighted by atomic mass is 35.5. The lowest BCUT2D eigenvalue weighted by atomic mass is 10.3. The second-order valence-corrected chi connectivity index (χ2v) is 11.6. The van der Waals surface area contributed by atoms with Gasteiger partial charge in [-0.3, -0.25) is 0 Å². The van der Waals surface area contributed by atoms with Crippen LogP contribution in [0.2, 0.25) is 10.0 Å². The number of aromatic hydroxyl groups is 2. The summed E-state index contributed by atoms with van der Waals surface area (Å²) in [7, 11) is 1.55. The van der Waals surface area contributed by atoms with E-state index in [9.17, 15) is 10.2 Å². The Morgan fingerprint density at radius 3 is 1.29 bits per heavy atom. The maximum absolute atomic E-state index is 10.9. The molecule has 0 atom stereocenters. The third-order valence-corrected chi connectivity index (χ3v) is 7.74. The molecule has 0 fully saturated rings. The van der Waals surface area contributed by atoms with E-state index in [2.05, 4.69) is 35.3 Å². The molecule has 0 radical (unpaired) electrons. The van der Waals surface area contributed by atoms with Gasteiger partial charge in [-0.05, 0) is 84.9 Å². The molecule has 0 aliphatic heterocycles. The number of benzene rings is 5. The van der Waals surface area contributed by atoms with Crippen LogP contribution in [0.5, 0.6) is 52.5 Å². The number of hydrogen-bond acceptors (Lipinski definition) is 13. The van der Waals surface area contributed by atoms with E-state index in [0.717, 1.165) is 0 Å². The smallest absolute Gasteiger partial charge is 0.331 e. The van der Waals surface area contributed by atoms with Gasteiger partial charge in [-0.15, -0.1) is 44.9 Å². The summed E-state index contributed by atoms with van der Waals surface area (Å²) in [5.74, 6) is 0.997. The molecule has 0 aliphatic carbocycles. The fraction of sp³-hybridized carbons (Fsp3) is 0.0294. The maximum Gasteiger partial charge on any atom is 0.331 e. The SMILES string of the molecule is COc1ccc(Oc2nc(Oc3ccc(-n4nc5ccc(Cl)cc5n4)c(O)c3)nc(Oc3ccc(-n4nc5ccc(Cl)cc5n4)c(O)c3)n2)cc1. The Balaban J connectivity index is 1.08. The molecule has 0 amide bonds. The first kappa shape index (κ1) is 31.6. The average Bonchev–Trinajstić information content (AvgIpc) is 3.72. The van der Waals surface area contributed by atoms with Crippen molar-refractivity contribution in [2.45, 2.75) is 0 Å². The van der Waals surface area contributed by atoms with E-state index in [1.807, 2.05) is 0 Å². The van der Waals surface area contributed by atoms with Crippen LogP contribution in [0, 0.1) is 0 Å². The molecule has 0 unspecified atom stereocenters. The van der Waals surface area contributed by atoms with Gasteiger partial charge in [-0.25, -0.2) is 0 Å². The van der Waals surface area contributed by atoms with E-state index in [0.29, 0.717) is 55.0 Å². The first-order valence-electron chi connectivity index (χ1n) is 14.9. The number of methoxy groups -OCH3 is 1. The van der Waals surface area contributed by atoms with Crippen LogP contribution in [0.3, 0.4) is 0 Å². The normalized spacial score (nSPS) is 11.2. The minimum atomic E-state index is -0.222. The molecule has 8 rings (SSSR count). The molecular weight excluding hydrogens is 701 g/mol. The van der Waals surface area contributed by atoms with Crippen molar-refractivity contribution in [3.8, 4) is 63.9 Å². The Morgan fingerprint density at radius 1 is 0.471 bits per heavy atom. The minimum absolute atomic E-state index is 0.168. The average molecular weight is 723 g/mol. The molecule has 5 aromatic carbocycles. The number of phenols is 2. The third kappa shape index (κ3) is 6.66. The summed E-state index contributed by atoms with van der Waals surface area (Å²) in [6, 6.07) is 25.3. The fourth-order valence-corrected chi connectivity index (χ4v) is 5.21. The first-order valence-corrected chi connectivity index (χ1v) is 15.7. The lowest BCUT2D eigenvalue weighted by Crippen LogP contribution is -2.02. The molecule has 0 bridgehead atoms. The molecule has 8 aromatic rings. The highest BCUT2D eigenvalue weighted by Crippen LogP contribution is 2.33. The van der Waals surface area contributed by atoms with Gasteiger partial charge in [0.05, 0.1) is 7.11 Å². The lowest BCUT2D eigenvalue weighted by Gasteiger charge is -2.11. The van der Waals surface area contributed by atoms with Crippen LogP contribution >= 0.6 is 23.2 Å². The predicted octanol–water partition coefficient (Wildman–Crippen LogP) is 7.44. The Labute approximate surface area is 296 Å². The molecule has 3 aromatic heterocycles. The van der Waals surface area contributed by atoms with E-state index in [1.54, 1.807) is 92.0 Å². The molecule has 2 N–H and O–H groups in total. The quantitative estimate of drug-likeness (QED) is 0.150. The van der Waals surface area contributed by atoms with Crippen molar-refractivity contribution in [1.29, 1.82) is 0 Å². The first-order chi connectivity index (χ1) is 24.8. The Morgan fingerprint density at radius 2 is 0.863 bits per heavy atom. The zero-order chi connectivity index (χ0) is 35.1. The van der Waals surface area contributed by atoms with E-state index in [-0.39, 0.29) is 41.0 Å². The van der Waals surface area contributed by atoms with Crippen molar-refractivity contribution in [2.24, 2.45) is 0 Å². The van der Waals surface area contributed by atoms with Crippen LogP contribution in [-0.4, -0.2) is 62.3 Å². The van der Waals surface area contributed by atoms with Crippen molar-refractivity contribution >= 4 is 45.3 Å². The Hall–Kier alpha value is -6.71. The monoisotopic (exact) mass is 721 g/mol. The second-order valence-electron chi connectivity index (χ2n) is 10.7. The molecule has 252 valence electrons. The van der Waals surface area contributed by atoms with Crippen LogP contribution in [0.1, 0.15) is 0 Å². The van der Waals surface area contributed by atoms with Crippen LogP contribution in [0.25, 0.3) is 33.4 Å². The highest BCUT2D eigenvalue weighted by molar-refractivity contribution is 6.31. The fourth-order valence-electron chi connectivity index (χ4n) is 4.88. The Kier molecular flexibility index (Phi) is 8.02. The minimum Gasteiger partial charge on any atom is -0.505 e. The van der Waals surface area contributed by atoms with E-state index < -0.39 is 0 Å². The number of ether oxygens (including phenoxy) is 4. The van der Waals surface area contributed by atoms with Crippen molar-refractivity contribution in [1.82, 2.24) is 44.9 Å². The molecule has 3 heterocycles. The van der Waals surface area contributed by atoms with Gasteiger partial charge in [0, 0.05) is 22.2 Å². The maximum atomic E-state index is 10.9. The van der Waals surface area contributed by atoms with Crippen molar-refractivity contribution in [2.75, 3.05) is 7.11 Å². The van der Waals surface area contributed by atoms with Crippen molar-refractivity contribution in [3.05, 3.63) is 107 Å². The summed E-state index contributed by atoms with van der Waals surface area (Å²) < 4.78 is 22.9. The summed E-state index contributed by atoms with van der Waals surface area (Å²) in [5.41, 5.74) is 2.91. The number of hydrogen-bond donors (Lipinski definition) is 2. The van der Waals surface area contributed by atoms with Gasteiger partial charge in [0.25, 0.3) is 0 Å². The summed E-state index contributed by atoms with van der Waals surface area (Å²) in [4.78, 5) is 15.4. The van der Waals surface area contributed by atoms with Gasteiger partial charge < -0.3 is 29.2 Å². The van der Waals surface area contributed by atoms with E-state index >= 15 is 0 Å². The summed E-state index contributed by atoms with van der Waals surface area (Å²) in [6.45, 7) is 0. The molecule has 51 heavy (non-hydrogen) atoms. The zero-order valence-corrected chi connectivity index (χ0v) is 27.6. The number of fused-ring (bicyclic) bond motifs is 2. The van der Waals surface area contributed by atoms with E-state index in [4.69, 9.17) is 42.1 Å². The molecule has 0 saturated carbocycles. The summed E-state index contributed by atoms with van der Waals surface area (Å²) in [5, 5.41) is 40.3. The predicted molar refractivity (Wildman–Crippen MR) is 184 cm³/mol. The van der Waals surface area contributed by atoms with E-state index in [1.165, 1.54) is 21.7 Å². The molecule has 0 aliphatic rings. The summed E-state index contributed by atoms with van der Waals surface area (Å²) in [6.07, 6.45) is 0. The molecule has 15 nitrogen and oxygen atoms in total. The van der Waals surface area contributed by atoms with Crippen LogP contribution in [0.4, 0.5) is 0 Å². The Bertz CT molecular complexity index is 2430. The molecule has 0 saturated heterocycles. The summed E-state index contributed by atoms with van der Waals surface area (Å²) >= 11 is 12.2. The number of nitrogens with zero attached hydrogens (tertiary/aromatic N) is 9. The van der Waals surface area contributed by atoms with Crippen molar-refractivity contribution < 1.29 is 29.2 Å². The number of phenolic OH excluding ortho intramolecular Hbond substituents is 2. The van der Waals surface area contributed by atoms with Crippen LogP contribution < -0.4 is 18.9 Å². The third-order valence-electron chi connectivity index (χ3n) is 7.27. The zero-order valence-electron chi connectivity index (χ0n) is 26.0. The van der Waals surface area contributed by atoms with Crippen molar-refractivity contribution in [3.63, 3.8) is 0 Å². The van der Waals surface area contributed by atoms with Gasteiger partial charge in [0.15, 0.2) is 0 Å². The molecule has 17 heteroatoms. The topological polar surface area (TPSA) is 177 Å². The number of aromatic nitrogens is 9. The standard InChI is InChI=1S/C34H21Cl2N9O6/c1-48-20-4-6-21(7-5-20)49-32-37-33(50-22-8-12-28(30(46)16-22)44-40-24-10-2-18(35)14-26(24)42-44)39-34(38-32)51-23-9-13-29(31(47)17-23)45-41-25-11-3-19(36)15-27(25)43-45/h2-17,46-47H,1H3. The van der Waals surface area contributed by atoms with Gasteiger partial charge in [0.1, 0.15) is 67.9 Å². The molecular formula is C34H21Cl2N9O6. The highest BCUT2D eigenvalue weighted by Gasteiger charge is 2.17. The van der Waals surface area contributed by atoms with Gasteiger partial charge in [-0.1, -0.05) is 23.2 Å². The van der Waals surface area contributed by atoms with Gasteiger partial charge >= 0.3 is 18.0 Å². The second kappa shape index (κ2) is 13.0.